The Labute approximate surface area is 425 Å². The monoisotopic (exact) mass is 989 g/mol. The maximum atomic E-state index is 12.8. The number of esters is 2. The predicted octanol–water partition coefficient (Wildman–Crippen LogP) is 17.3. The minimum atomic E-state index is -4.38. The summed E-state index contributed by atoms with van der Waals surface area (Å²) in [5, 5.41) is 0. The quantitative estimate of drug-likeness (QED) is 0.0211. The number of likely N-dealkylation sites (N-methyl/N-ethyl adjacent to an activating group) is 1. The molecule has 0 radical (unpaired) electrons. The fraction of sp³-hybridized carbons (Fsp3) is 0.763. The number of unbranched alkanes of at least 4 members (excludes halogenated alkanes) is 25. The molecule has 0 fully saturated rings. The van der Waals surface area contributed by atoms with Crippen molar-refractivity contribution < 1.29 is 42.1 Å². The summed E-state index contributed by atoms with van der Waals surface area (Å²) in [6.07, 6.45) is 65.4. The van der Waals surface area contributed by atoms with E-state index in [1.165, 1.54) is 128 Å². The van der Waals surface area contributed by atoms with Crippen LogP contribution in [0.3, 0.4) is 0 Å². The number of phosphoric ester groups is 1. The zero-order valence-electron chi connectivity index (χ0n) is 45.3. The smallest absolute Gasteiger partial charge is 0.462 e. The van der Waals surface area contributed by atoms with Crippen molar-refractivity contribution in [1.29, 1.82) is 0 Å². The number of allylic oxidation sites excluding steroid dienone is 12. The van der Waals surface area contributed by atoms with Gasteiger partial charge in [-0.1, -0.05) is 234 Å². The van der Waals surface area contributed by atoms with Crippen molar-refractivity contribution >= 4 is 19.8 Å². The van der Waals surface area contributed by atoms with Crippen molar-refractivity contribution in [2.75, 3.05) is 47.5 Å². The first kappa shape index (κ1) is 66.5. The highest BCUT2D eigenvalue weighted by atomic mass is 31.2. The van der Waals surface area contributed by atoms with Gasteiger partial charge in [-0.2, -0.15) is 0 Å². The van der Waals surface area contributed by atoms with E-state index < -0.39 is 26.5 Å². The average Bonchev–Trinajstić information content (AvgIpc) is 3.31. The normalized spacial score (nSPS) is 13.9. The first-order chi connectivity index (χ1) is 33.5. The molecule has 10 heteroatoms. The van der Waals surface area contributed by atoms with Gasteiger partial charge in [-0.05, 0) is 64.2 Å². The van der Waals surface area contributed by atoms with E-state index in [4.69, 9.17) is 18.5 Å². The predicted molar refractivity (Wildman–Crippen MR) is 293 cm³/mol. The van der Waals surface area contributed by atoms with Crippen LogP contribution >= 0.6 is 7.82 Å². The number of nitrogens with zero attached hydrogens (tertiary/aromatic N) is 1. The molecule has 0 amide bonds. The fourth-order valence-electron chi connectivity index (χ4n) is 7.67. The molecule has 0 aromatic heterocycles. The van der Waals surface area contributed by atoms with E-state index in [0.717, 1.165) is 77.0 Å². The van der Waals surface area contributed by atoms with Crippen molar-refractivity contribution in [1.82, 2.24) is 0 Å². The van der Waals surface area contributed by atoms with Crippen LogP contribution < -0.4 is 0 Å². The Morgan fingerprint density at radius 1 is 0.464 bits per heavy atom. The van der Waals surface area contributed by atoms with Crippen LogP contribution in [-0.4, -0.2) is 74.9 Å². The van der Waals surface area contributed by atoms with Gasteiger partial charge in [0.05, 0.1) is 27.7 Å². The first-order valence-electron chi connectivity index (χ1n) is 28.2. The Morgan fingerprint density at radius 2 is 0.826 bits per heavy atom. The summed E-state index contributed by atoms with van der Waals surface area (Å²) < 4.78 is 34.5. The summed E-state index contributed by atoms with van der Waals surface area (Å²) in [5.74, 6) is -0.794. The van der Waals surface area contributed by atoms with Gasteiger partial charge in [0.2, 0.25) is 0 Å². The van der Waals surface area contributed by atoms with Crippen molar-refractivity contribution in [2.24, 2.45) is 0 Å². The van der Waals surface area contributed by atoms with Gasteiger partial charge in [-0.25, -0.2) is 4.57 Å². The third kappa shape index (κ3) is 54.6. The minimum Gasteiger partial charge on any atom is -0.462 e. The SMILES string of the molecule is CC/C=C\C/C=C\C/C=C\C/C=C\C/C=C\C/C=C\CCCCCCCCCCCCCCCCC(=O)OC(COC(=O)CCCCCCCCCCCCCC)COP(=O)(O)OCC[N+](C)(C)C. The second-order valence-electron chi connectivity index (χ2n) is 19.9. The molecule has 0 aromatic rings. The highest BCUT2D eigenvalue weighted by Crippen LogP contribution is 2.43. The van der Waals surface area contributed by atoms with Crippen LogP contribution in [0.4, 0.5) is 0 Å². The lowest BCUT2D eigenvalue weighted by Crippen LogP contribution is -2.37. The molecule has 0 aliphatic carbocycles. The molecule has 69 heavy (non-hydrogen) atoms. The summed E-state index contributed by atoms with van der Waals surface area (Å²) in [5.41, 5.74) is 0. The molecule has 0 rings (SSSR count). The molecule has 0 aliphatic heterocycles. The molecule has 0 saturated carbocycles. The number of hydrogen-bond acceptors (Lipinski definition) is 7. The van der Waals surface area contributed by atoms with Gasteiger partial charge >= 0.3 is 19.8 Å². The summed E-state index contributed by atoms with van der Waals surface area (Å²) in [7, 11) is 1.48. The molecule has 0 saturated heterocycles. The number of ether oxygens (including phenoxy) is 2. The lowest BCUT2D eigenvalue weighted by Gasteiger charge is -2.24. The summed E-state index contributed by atoms with van der Waals surface area (Å²) >= 11 is 0. The lowest BCUT2D eigenvalue weighted by molar-refractivity contribution is -0.870. The Balaban J connectivity index is 4.05. The van der Waals surface area contributed by atoms with Crippen LogP contribution in [0.15, 0.2) is 72.9 Å². The highest BCUT2D eigenvalue weighted by Gasteiger charge is 2.27. The minimum absolute atomic E-state index is 0.0313. The van der Waals surface area contributed by atoms with Gasteiger partial charge in [0.1, 0.15) is 19.8 Å². The van der Waals surface area contributed by atoms with E-state index in [9.17, 15) is 19.0 Å². The second kappa shape index (κ2) is 50.4. The molecule has 0 bridgehead atoms. The van der Waals surface area contributed by atoms with Gasteiger partial charge in [-0.3, -0.25) is 18.6 Å². The zero-order valence-corrected chi connectivity index (χ0v) is 46.2. The van der Waals surface area contributed by atoms with Crippen LogP contribution in [0.1, 0.15) is 239 Å². The summed E-state index contributed by atoms with van der Waals surface area (Å²) in [6.45, 7) is 4.32. The molecular weight excluding hydrogens is 882 g/mol. The molecule has 0 spiro atoms. The topological polar surface area (TPSA) is 108 Å². The van der Waals surface area contributed by atoms with Crippen molar-refractivity contribution in [3.05, 3.63) is 72.9 Å². The third-order valence-electron chi connectivity index (χ3n) is 12.0. The molecule has 2 atom stereocenters. The fourth-order valence-corrected chi connectivity index (χ4v) is 8.41. The van der Waals surface area contributed by atoms with Gasteiger partial charge in [0.25, 0.3) is 0 Å². The number of rotatable bonds is 51. The molecule has 400 valence electrons. The number of carbonyl (C=O) groups is 2. The number of phosphoric acid groups is 1. The standard InChI is InChI=1S/C59H106NO8P/c1-6-8-10-12-14-16-18-20-21-22-23-24-25-26-27-28-29-30-31-32-33-34-35-36-37-38-39-40-42-44-46-48-50-52-59(62)68-57(56-67-69(63,64)66-54-53-60(3,4)5)55-65-58(61)51-49-47-45-43-41-19-17-15-13-11-9-7-2/h8,10,14,16,20-21,23-24,26-27,29-30,57H,6-7,9,11-13,15,17-19,22,25,28,31-56H2,1-5H3/p+1/b10-8-,16-14-,21-20-,24-23-,27-26-,30-29-. The van der Waals surface area contributed by atoms with E-state index in [2.05, 4.69) is 86.8 Å². The molecule has 0 heterocycles. The van der Waals surface area contributed by atoms with E-state index in [1.54, 1.807) is 0 Å². The van der Waals surface area contributed by atoms with Gasteiger partial charge < -0.3 is 18.9 Å². The zero-order chi connectivity index (χ0) is 50.6. The van der Waals surface area contributed by atoms with E-state index in [-0.39, 0.29) is 25.6 Å². The second-order valence-corrected chi connectivity index (χ2v) is 21.4. The van der Waals surface area contributed by atoms with Crippen LogP contribution in [0, 0.1) is 0 Å². The number of hydrogen-bond donors (Lipinski definition) is 1. The van der Waals surface area contributed by atoms with Gasteiger partial charge in [0.15, 0.2) is 6.10 Å². The summed E-state index contributed by atoms with van der Waals surface area (Å²) in [4.78, 5) is 35.5. The molecule has 1 N–H and O–H groups in total. The lowest BCUT2D eigenvalue weighted by atomic mass is 10.0. The third-order valence-corrected chi connectivity index (χ3v) is 13.0. The Bertz CT molecular complexity index is 1400. The Morgan fingerprint density at radius 3 is 1.23 bits per heavy atom. The molecule has 0 aromatic carbocycles. The van der Waals surface area contributed by atoms with Crippen LogP contribution in [-0.2, 0) is 32.7 Å². The number of quaternary nitrogens is 1. The number of carbonyl (C=O) groups excluding carboxylic acids is 2. The van der Waals surface area contributed by atoms with E-state index in [0.29, 0.717) is 23.9 Å². The van der Waals surface area contributed by atoms with E-state index in [1.807, 2.05) is 21.1 Å². The Hall–Kier alpha value is -2.55. The van der Waals surface area contributed by atoms with Gasteiger partial charge in [-0.15, -0.1) is 0 Å². The van der Waals surface area contributed by atoms with Gasteiger partial charge in [0, 0.05) is 12.8 Å². The highest BCUT2D eigenvalue weighted by molar-refractivity contribution is 7.47. The maximum absolute atomic E-state index is 12.8. The maximum Gasteiger partial charge on any atom is 0.472 e. The van der Waals surface area contributed by atoms with Crippen molar-refractivity contribution in [3.8, 4) is 0 Å². The van der Waals surface area contributed by atoms with Crippen LogP contribution in [0.5, 0.6) is 0 Å². The molecule has 9 nitrogen and oxygen atoms in total. The van der Waals surface area contributed by atoms with E-state index >= 15 is 0 Å². The molecular formula is C59H107NO8P+. The Kier molecular flexibility index (Phi) is 48.5. The van der Waals surface area contributed by atoms with Crippen molar-refractivity contribution in [3.63, 3.8) is 0 Å². The largest absolute Gasteiger partial charge is 0.472 e. The molecule has 2 unspecified atom stereocenters. The average molecular weight is 989 g/mol. The van der Waals surface area contributed by atoms with Crippen LogP contribution in [0.2, 0.25) is 0 Å². The van der Waals surface area contributed by atoms with Crippen LogP contribution in [0.25, 0.3) is 0 Å². The summed E-state index contributed by atoms with van der Waals surface area (Å²) in [6, 6.07) is 0. The molecule has 0 aliphatic rings. The van der Waals surface area contributed by atoms with Crippen molar-refractivity contribution in [2.45, 2.75) is 245 Å². The first-order valence-corrected chi connectivity index (χ1v) is 29.7.